The van der Waals surface area contributed by atoms with Gasteiger partial charge < -0.3 is 10.5 Å². The number of hydrogen-bond donors (Lipinski definition) is 2. The molecule has 0 atom stereocenters. The van der Waals surface area contributed by atoms with Gasteiger partial charge in [0.2, 0.25) is 0 Å². The Morgan fingerprint density at radius 2 is 1.78 bits per heavy atom. The first-order chi connectivity index (χ1) is 8.46. The Kier molecular flexibility index (Phi) is 3.60. The van der Waals surface area contributed by atoms with E-state index < -0.39 is 0 Å². The van der Waals surface area contributed by atoms with E-state index in [-0.39, 0.29) is 5.84 Å². The Labute approximate surface area is 109 Å². The van der Waals surface area contributed by atoms with Crippen molar-refractivity contribution in [1.82, 2.24) is 0 Å². The number of rotatable bonds is 3. The van der Waals surface area contributed by atoms with Gasteiger partial charge in [-0.25, -0.2) is 0 Å². The molecule has 0 saturated heterocycles. The summed E-state index contributed by atoms with van der Waals surface area (Å²) in [5.74, 6) is 0.977. The first-order valence-electron chi connectivity index (χ1n) is 6.57. The molecule has 1 aliphatic rings. The lowest BCUT2D eigenvalue weighted by molar-refractivity contribution is 0.0988. The number of nitrogens with two attached hydrogens (primary N) is 1. The van der Waals surface area contributed by atoms with Gasteiger partial charge in [-0.15, -0.1) is 0 Å². The van der Waals surface area contributed by atoms with Crippen LogP contribution < -0.4 is 10.5 Å². The van der Waals surface area contributed by atoms with Crippen LogP contribution in [0.3, 0.4) is 0 Å². The van der Waals surface area contributed by atoms with Crippen LogP contribution in [-0.2, 0) is 0 Å². The molecule has 0 heterocycles. The lowest BCUT2D eigenvalue weighted by atomic mass is 9.76. The van der Waals surface area contributed by atoms with Crippen LogP contribution in [0.1, 0.15) is 45.1 Å². The molecule has 98 valence electrons. The maximum Gasteiger partial charge on any atom is 0.122 e. The highest BCUT2D eigenvalue weighted by molar-refractivity contribution is 5.94. The molecule has 0 aromatic heterocycles. The first-order valence-corrected chi connectivity index (χ1v) is 6.57. The zero-order chi connectivity index (χ0) is 13.2. The molecule has 3 heteroatoms. The normalized spacial score (nSPS) is 19.4. The van der Waals surface area contributed by atoms with Crippen molar-refractivity contribution in [3.8, 4) is 5.75 Å². The number of nitrogen functional groups attached to an aromatic ring is 1. The van der Waals surface area contributed by atoms with E-state index in [1.807, 2.05) is 24.3 Å². The summed E-state index contributed by atoms with van der Waals surface area (Å²) in [7, 11) is 0. The molecule has 1 aliphatic carbocycles. The Bertz CT molecular complexity index is 413. The van der Waals surface area contributed by atoms with E-state index in [9.17, 15) is 0 Å². The fraction of sp³-hybridized carbons (Fsp3) is 0.533. The fourth-order valence-corrected chi connectivity index (χ4v) is 2.40. The van der Waals surface area contributed by atoms with Gasteiger partial charge in [0.15, 0.2) is 0 Å². The molecule has 0 bridgehead atoms. The van der Waals surface area contributed by atoms with Crippen molar-refractivity contribution in [1.29, 1.82) is 5.41 Å². The zero-order valence-electron chi connectivity index (χ0n) is 11.2. The third-order valence-corrected chi connectivity index (χ3v) is 3.75. The van der Waals surface area contributed by atoms with Crippen molar-refractivity contribution in [3.05, 3.63) is 29.8 Å². The molecule has 3 nitrogen and oxygen atoms in total. The summed E-state index contributed by atoms with van der Waals surface area (Å²) >= 11 is 0. The second kappa shape index (κ2) is 5.01. The Balaban J connectivity index is 1.92. The zero-order valence-corrected chi connectivity index (χ0v) is 11.2. The van der Waals surface area contributed by atoms with Gasteiger partial charge >= 0.3 is 0 Å². The minimum atomic E-state index is 0.0981. The van der Waals surface area contributed by atoms with Crippen LogP contribution in [0.5, 0.6) is 5.75 Å². The highest BCUT2D eigenvalue weighted by atomic mass is 16.5. The molecule has 1 aromatic carbocycles. The van der Waals surface area contributed by atoms with Crippen LogP contribution in [0.4, 0.5) is 0 Å². The first kappa shape index (κ1) is 12.9. The minimum Gasteiger partial charge on any atom is -0.490 e. The topological polar surface area (TPSA) is 59.1 Å². The van der Waals surface area contributed by atoms with Crippen LogP contribution in [-0.4, -0.2) is 11.9 Å². The summed E-state index contributed by atoms with van der Waals surface area (Å²) in [6.07, 6.45) is 5.04. The minimum absolute atomic E-state index is 0.0981. The Hall–Kier alpha value is -1.51. The molecule has 0 unspecified atom stereocenters. The number of benzene rings is 1. The summed E-state index contributed by atoms with van der Waals surface area (Å²) in [5, 5.41) is 7.34. The van der Waals surface area contributed by atoms with Crippen LogP contribution in [0, 0.1) is 10.8 Å². The van der Waals surface area contributed by atoms with Crippen molar-refractivity contribution in [2.24, 2.45) is 11.1 Å². The monoisotopic (exact) mass is 246 g/mol. The summed E-state index contributed by atoms with van der Waals surface area (Å²) in [6.45, 7) is 4.65. The maximum absolute atomic E-state index is 7.34. The smallest absolute Gasteiger partial charge is 0.122 e. The van der Waals surface area contributed by atoms with Gasteiger partial charge in [-0.1, -0.05) is 13.8 Å². The van der Waals surface area contributed by atoms with E-state index in [2.05, 4.69) is 13.8 Å². The van der Waals surface area contributed by atoms with Crippen LogP contribution >= 0.6 is 0 Å². The molecular formula is C15H22N2O. The van der Waals surface area contributed by atoms with Crippen LogP contribution in [0.25, 0.3) is 0 Å². The van der Waals surface area contributed by atoms with Gasteiger partial charge in [0.05, 0.1) is 6.10 Å². The molecule has 18 heavy (non-hydrogen) atoms. The second-order valence-corrected chi connectivity index (χ2v) is 5.92. The molecule has 2 rings (SSSR count). The largest absolute Gasteiger partial charge is 0.490 e. The average molecular weight is 246 g/mol. The maximum atomic E-state index is 7.34. The molecule has 0 aliphatic heterocycles. The molecular weight excluding hydrogens is 224 g/mol. The molecule has 1 saturated carbocycles. The van der Waals surface area contributed by atoms with Crippen LogP contribution in [0.2, 0.25) is 0 Å². The van der Waals surface area contributed by atoms with E-state index in [1.165, 1.54) is 12.8 Å². The van der Waals surface area contributed by atoms with Gasteiger partial charge in [0, 0.05) is 5.56 Å². The summed E-state index contributed by atoms with van der Waals surface area (Å²) < 4.78 is 5.97. The molecule has 0 spiro atoms. The van der Waals surface area contributed by atoms with Gasteiger partial charge in [0.1, 0.15) is 11.6 Å². The van der Waals surface area contributed by atoms with Crippen molar-refractivity contribution in [2.45, 2.75) is 45.6 Å². The van der Waals surface area contributed by atoms with Crippen molar-refractivity contribution >= 4 is 5.84 Å². The predicted molar refractivity (Wildman–Crippen MR) is 74.1 cm³/mol. The average Bonchev–Trinajstić information content (AvgIpc) is 2.33. The van der Waals surface area contributed by atoms with Gasteiger partial charge in [0.25, 0.3) is 0 Å². The number of amidine groups is 1. The second-order valence-electron chi connectivity index (χ2n) is 5.92. The Morgan fingerprint density at radius 3 is 2.28 bits per heavy atom. The van der Waals surface area contributed by atoms with E-state index >= 15 is 0 Å². The molecule has 0 amide bonds. The SMILES string of the molecule is CC1(C)CCC(Oc2ccc(C(=N)N)cc2)CC1. The van der Waals surface area contributed by atoms with Gasteiger partial charge in [-0.05, 0) is 55.4 Å². The summed E-state index contributed by atoms with van der Waals surface area (Å²) in [5.41, 5.74) is 6.63. The van der Waals surface area contributed by atoms with E-state index in [4.69, 9.17) is 15.9 Å². The molecule has 3 N–H and O–H groups in total. The Morgan fingerprint density at radius 1 is 1.22 bits per heavy atom. The lowest BCUT2D eigenvalue weighted by Crippen LogP contribution is -2.28. The van der Waals surface area contributed by atoms with E-state index in [0.717, 1.165) is 24.2 Å². The van der Waals surface area contributed by atoms with E-state index in [0.29, 0.717) is 11.5 Å². The quantitative estimate of drug-likeness (QED) is 0.635. The standard InChI is InChI=1S/C15H22N2O/c1-15(2)9-7-13(8-10-15)18-12-5-3-11(4-6-12)14(16)17/h3-6,13H,7-10H2,1-2H3,(H3,16,17). The number of ether oxygens (including phenoxy) is 1. The van der Waals surface area contributed by atoms with Gasteiger partial charge in [-0.2, -0.15) is 0 Å². The number of hydrogen-bond acceptors (Lipinski definition) is 2. The molecule has 1 fully saturated rings. The third kappa shape index (κ3) is 3.25. The van der Waals surface area contributed by atoms with E-state index in [1.54, 1.807) is 0 Å². The highest BCUT2D eigenvalue weighted by Crippen LogP contribution is 2.36. The molecule has 0 radical (unpaired) electrons. The summed E-state index contributed by atoms with van der Waals surface area (Å²) in [6, 6.07) is 7.47. The molecule has 1 aromatic rings. The van der Waals surface area contributed by atoms with Crippen molar-refractivity contribution < 1.29 is 4.74 Å². The highest BCUT2D eigenvalue weighted by Gasteiger charge is 2.27. The van der Waals surface area contributed by atoms with Crippen LogP contribution in [0.15, 0.2) is 24.3 Å². The lowest BCUT2D eigenvalue weighted by Gasteiger charge is -2.34. The fourth-order valence-electron chi connectivity index (χ4n) is 2.40. The summed E-state index contributed by atoms with van der Waals surface area (Å²) in [4.78, 5) is 0. The van der Waals surface area contributed by atoms with Gasteiger partial charge in [-0.3, -0.25) is 5.41 Å². The van der Waals surface area contributed by atoms with Crippen molar-refractivity contribution in [2.75, 3.05) is 0 Å². The number of nitrogens with one attached hydrogen (secondary N) is 1. The third-order valence-electron chi connectivity index (χ3n) is 3.75. The predicted octanol–water partition coefficient (Wildman–Crippen LogP) is 3.32. The van der Waals surface area contributed by atoms with Crippen molar-refractivity contribution in [3.63, 3.8) is 0 Å².